The number of ether oxygens (including phenoxy) is 1. The van der Waals surface area contributed by atoms with Crippen molar-refractivity contribution in [1.82, 2.24) is 9.78 Å². The Morgan fingerprint density at radius 1 is 1.75 bits per heavy atom. The van der Waals surface area contributed by atoms with E-state index in [1.807, 2.05) is 16.9 Å². The Morgan fingerprint density at radius 2 is 2.67 bits per heavy atom. The summed E-state index contributed by atoms with van der Waals surface area (Å²) in [4.78, 5) is 0. The van der Waals surface area contributed by atoms with E-state index in [0.29, 0.717) is 6.10 Å². The van der Waals surface area contributed by atoms with Crippen molar-refractivity contribution in [2.75, 3.05) is 6.61 Å². The third kappa shape index (κ3) is 1.87. The average molecular weight is 231 g/mol. The third-order valence-corrected chi connectivity index (χ3v) is 2.45. The monoisotopic (exact) mass is 230 g/mol. The van der Waals surface area contributed by atoms with Crippen LogP contribution < -0.4 is 0 Å². The molecule has 1 aromatic rings. The van der Waals surface area contributed by atoms with Crippen LogP contribution in [0.3, 0.4) is 0 Å². The van der Waals surface area contributed by atoms with Crippen LogP contribution in [0.2, 0.25) is 0 Å². The molecule has 0 amide bonds. The molecule has 1 unspecified atom stereocenters. The highest BCUT2D eigenvalue weighted by Gasteiger charge is 2.15. The summed E-state index contributed by atoms with van der Waals surface area (Å²) < 4.78 is 8.30. The molecule has 0 bridgehead atoms. The van der Waals surface area contributed by atoms with Gasteiger partial charge in [0.05, 0.1) is 12.6 Å². The topological polar surface area (TPSA) is 27.1 Å². The van der Waals surface area contributed by atoms with Gasteiger partial charge < -0.3 is 4.74 Å². The molecule has 2 heterocycles. The molecule has 1 atom stereocenters. The summed E-state index contributed by atoms with van der Waals surface area (Å²) >= 11 is 3.31. The molecule has 1 aromatic heterocycles. The van der Waals surface area contributed by atoms with E-state index in [-0.39, 0.29) is 0 Å². The third-order valence-electron chi connectivity index (χ3n) is 2.02. The zero-order chi connectivity index (χ0) is 8.39. The lowest BCUT2D eigenvalue weighted by atomic mass is 10.2. The lowest BCUT2D eigenvalue weighted by Crippen LogP contribution is -2.15. The van der Waals surface area contributed by atoms with Gasteiger partial charge in [-0.25, -0.2) is 0 Å². The Hall–Kier alpha value is -0.350. The van der Waals surface area contributed by atoms with Gasteiger partial charge in [0.15, 0.2) is 0 Å². The van der Waals surface area contributed by atoms with Gasteiger partial charge in [0, 0.05) is 12.8 Å². The van der Waals surface area contributed by atoms with E-state index < -0.39 is 0 Å². The van der Waals surface area contributed by atoms with Crippen LogP contribution in [-0.4, -0.2) is 22.5 Å². The minimum atomic E-state index is 0.372. The SMILES string of the molecule is Brc1ccn(CC2CCCO2)n1. The first kappa shape index (κ1) is 8.26. The molecule has 0 radical (unpaired) electrons. The predicted octanol–water partition coefficient (Wildman–Crippen LogP) is 1.82. The Morgan fingerprint density at radius 3 is 3.25 bits per heavy atom. The van der Waals surface area contributed by atoms with Crippen molar-refractivity contribution < 1.29 is 4.74 Å². The van der Waals surface area contributed by atoms with Crippen LogP contribution in [0.4, 0.5) is 0 Å². The fraction of sp³-hybridized carbons (Fsp3) is 0.625. The van der Waals surface area contributed by atoms with E-state index in [1.165, 1.54) is 6.42 Å². The van der Waals surface area contributed by atoms with Crippen LogP contribution in [0.25, 0.3) is 0 Å². The van der Waals surface area contributed by atoms with Crippen molar-refractivity contribution in [3.8, 4) is 0 Å². The normalized spacial score (nSPS) is 23.2. The van der Waals surface area contributed by atoms with E-state index in [0.717, 1.165) is 24.2 Å². The lowest BCUT2D eigenvalue weighted by Gasteiger charge is -2.08. The molecule has 1 fully saturated rings. The molecule has 4 heteroatoms. The lowest BCUT2D eigenvalue weighted by molar-refractivity contribution is 0.0939. The van der Waals surface area contributed by atoms with Crippen molar-refractivity contribution in [3.05, 3.63) is 16.9 Å². The molecule has 0 spiro atoms. The highest BCUT2D eigenvalue weighted by molar-refractivity contribution is 9.10. The summed E-state index contributed by atoms with van der Waals surface area (Å²) in [6.07, 6.45) is 4.69. The summed E-state index contributed by atoms with van der Waals surface area (Å²) in [6, 6.07) is 1.94. The fourth-order valence-electron chi connectivity index (χ4n) is 1.44. The Kier molecular flexibility index (Phi) is 2.46. The predicted molar refractivity (Wildman–Crippen MR) is 48.9 cm³/mol. The van der Waals surface area contributed by atoms with E-state index >= 15 is 0 Å². The number of nitrogens with zero attached hydrogens (tertiary/aromatic N) is 2. The molecule has 0 N–H and O–H groups in total. The Bertz CT molecular complexity index is 255. The fourth-order valence-corrected chi connectivity index (χ4v) is 1.76. The van der Waals surface area contributed by atoms with Gasteiger partial charge in [-0.2, -0.15) is 5.10 Å². The van der Waals surface area contributed by atoms with Crippen LogP contribution in [0.5, 0.6) is 0 Å². The first-order chi connectivity index (χ1) is 5.84. The number of hydrogen-bond acceptors (Lipinski definition) is 2. The number of aromatic nitrogens is 2. The van der Waals surface area contributed by atoms with Crippen molar-refractivity contribution in [1.29, 1.82) is 0 Å². The standard InChI is InChI=1S/C8H11BrN2O/c9-8-3-4-11(10-8)6-7-2-1-5-12-7/h3-4,7H,1-2,5-6H2. The second kappa shape index (κ2) is 3.58. The Balaban J connectivity index is 1.94. The molecule has 1 aliphatic heterocycles. The summed E-state index contributed by atoms with van der Waals surface area (Å²) in [7, 11) is 0. The summed E-state index contributed by atoms with van der Waals surface area (Å²) in [6.45, 7) is 1.79. The largest absolute Gasteiger partial charge is 0.376 e. The van der Waals surface area contributed by atoms with Gasteiger partial charge >= 0.3 is 0 Å². The van der Waals surface area contributed by atoms with Crippen molar-refractivity contribution in [2.45, 2.75) is 25.5 Å². The molecule has 0 aromatic carbocycles. The summed E-state index contributed by atoms with van der Waals surface area (Å²) in [5.74, 6) is 0. The highest BCUT2D eigenvalue weighted by Crippen LogP contribution is 2.14. The molecule has 3 nitrogen and oxygen atoms in total. The van der Waals surface area contributed by atoms with Gasteiger partial charge in [-0.3, -0.25) is 4.68 Å². The molecule has 2 rings (SSSR count). The molecule has 0 aliphatic carbocycles. The zero-order valence-corrected chi connectivity index (χ0v) is 8.33. The first-order valence-corrected chi connectivity index (χ1v) is 4.94. The molecule has 66 valence electrons. The quantitative estimate of drug-likeness (QED) is 0.776. The van der Waals surface area contributed by atoms with Crippen LogP contribution in [0, 0.1) is 0 Å². The van der Waals surface area contributed by atoms with E-state index in [2.05, 4.69) is 21.0 Å². The van der Waals surface area contributed by atoms with Crippen molar-refractivity contribution in [3.63, 3.8) is 0 Å². The second-order valence-corrected chi connectivity index (χ2v) is 3.81. The van der Waals surface area contributed by atoms with E-state index in [1.54, 1.807) is 0 Å². The number of hydrogen-bond donors (Lipinski definition) is 0. The summed E-state index contributed by atoms with van der Waals surface area (Å²) in [5, 5.41) is 4.23. The maximum Gasteiger partial charge on any atom is 0.128 e. The molecule has 1 aliphatic rings. The van der Waals surface area contributed by atoms with Gasteiger partial charge in [0.1, 0.15) is 4.60 Å². The van der Waals surface area contributed by atoms with E-state index in [4.69, 9.17) is 4.74 Å². The molecular formula is C8H11BrN2O. The van der Waals surface area contributed by atoms with Crippen LogP contribution in [0.1, 0.15) is 12.8 Å². The van der Waals surface area contributed by atoms with Crippen LogP contribution in [-0.2, 0) is 11.3 Å². The van der Waals surface area contributed by atoms with Gasteiger partial charge in [0.2, 0.25) is 0 Å². The van der Waals surface area contributed by atoms with Gasteiger partial charge in [-0.15, -0.1) is 0 Å². The smallest absolute Gasteiger partial charge is 0.128 e. The minimum absolute atomic E-state index is 0.372. The van der Waals surface area contributed by atoms with Crippen LogP contribution >= 0.6 is 15.9 Å². The molecule has 0 saturated carbocycles. The maximum atomic E-state index is 5.49. The van der Waals surface area contributed by atoms with Gasteiger partial charge in [0.25, 0.3) is 0 Å². The van der Waals surface area contributed by atoms with Gasteiger partial charge in [-0.05, 0) is 34.8 Å². The average Bonchev–Trinajstić information content (AvgIpc) is 2.63. The first-order valence-electron chi connectivity index (χ1n) is 4.15. The van der Waals surface area contributed by atoms with Crippen molar-refractivity contribution >= 4 is 15.9 Å². The minimum Gasteiger partial charge on any atom is -0.376 e. The number of halogens is 1. The number of rotatable bonds is 2. The second-order valence-electron chi connectivity index (χ2n) is 3.00. The Labute approximate surface area is 79.8 Å². The molecule has 12 heavy (non-hydrogen) atoms. The van der Waals surface area contributed by atoms with Crippen molar-refractivity contribution in [2.24, 2.45) is 0 Å². The molecule has 1 saturated heterocycles. The highest BCUT2D eigenvalue weighted by atomic mass is 79.9. The summed E-state index contributed by atoms with van der Waals surface area (Å²) in [5.41, 5.74) is 0. The van der Waals surface area contributed by atoms with Gasteiger partial charge in [-0.1, -0.05) is 0 Å². The van der Waals surface area contributed by atoms with Crippen LogP contribution in [0.15, 0.2) is 16.9 Å². The molecular weight excluding hydrogens is 220 g/mol. The zero-order valence-electron chi connectivity index (χ0n) is 6.74. The maximum absolute atomic E-state index is 5.49. The van der Waals surface area contributed by atoms with E-state index in [9.17, 15) is 0 Å².